The SMILES string of the molecule is CCCCCCCCN=C(N)NC#N. The minimum atomic E-state index is 0.223. The van der Waals surface area contributed by atoms with Gasteiger partial charge in [0.05, 0.1) is 0 Å². The van der Waals surface area contributed by atoms with E-state index in [4.69, 9.17) is 11.0 Å². The van der Waals surface area contributed by atoms with Gasteiger partial charge < -0.3 is 5.73 Å². The minimum Gasteiger partial charge on any atom is -0.369 e. The second-order valence-corrected chi connectivity index (χ2v) is 3.27. The molecule has 0 aromatic rings. The topological polar surface area (TPSA) is 74.2 Å². The van der Waals surface area contributed by atoms with Crippen LogP contribution in [0.25, 0.3) is 0 Å². The van der Waals surface area contributed by atoms with Gasteiger partial charge in [-0.1, -0.05) is 39.0 Å². The van der Waals surface area contributed by atoms with Crippen molar-refractivity contribution in [3.63, 3.8) is 0 Å². The first-order chi connectivity index (χ1) is 6.81. The zero-order valence-electron chi connectivity index (χ0n) is 8.92. The van der Waals surface area contributed by atoms with Gasteiger partial charge in [0.1, 0.15) is 0 Å². The Labute approximate surface area is 86.2 Å². The summed E-state index contributed by atoms with van der Waals surface area (Å²) in [6.07, 6.45) is 9.16. The number of aliphatic imine (C=N–C) groups is 1. The molecule has 4 nitrogen and oxygen atoms in total. The molecule has 0 radical (unpaired) electrons. The van der Waals surface area contributed by atoms with Crippen LogP contribution in [0.1, 0.15) is 45.4 Å². The molecule has 0 amide bonds. The summed E-state index contributed by atoms with van der Waals surface area (Å²) >= 11 is 0. The lowest BCUT2D eigenvalue weighted by Crippen LogP contribution is -2.27. The summed E-state index contributed by atoms with van der Waals surface area (Å²) in [5.74, 6) is 0.223. The van der Waals surface area contributed by atoms with Crippen molar-refractivity contribution in [1.82, 2.24) is 5.32 Å². The molecule has 0 aromatic carbocycles. The van der Waals surface area contributed by atoms with Crippen LogP contribution in [0.2, 0.25) is 0 Å². The van der Waals surface area contributed by atoms with Crippen molar-refractivity contribution in [3.05, 3.63) is 0 Å². The lowest BCUT2D eigenvalue weighted by molar-refractivity contribution is 0.612. The highest BCUT2D eigenvalue weighted by Crippen LogP contribution is 2.04. The largest absolute Gasteiger partial charge is 0.369 e. The monoisotopic (exact) mass is 196 g/mol. The maximum Gasteiger partial charge on any atom is 0.202 e. The van der Waals surface area contributed by atoms with Gasteiger partial charge >= 0.3 is 0 Å². The molecule has 0 aliphatic carbocycles. The van der Waals surface area contributed by atoms with Crippen LogP contribution in [0.4, 0.5) is 0 Å². The van der Waals surface area contributed by atoms with Crippen molar-refractivity contribution < 1.29 is 0 Å². The van der Waals surface area contributed by atoms with Gasteiger partial charge in [-0.15, -0.1) is 0 Å². The zero-order chi connectivity index (χ0) is 10.6. The summed E-state index contributed by atoms with van der Waals surface area (Å²) in [5.41, 5.74) is 5.36. The standard InChI is InChI=1S/C10H20N4/c1-2-3-4-5-6-7-8-13-10(12)14-9-11/h2-8H2,1H3,(H3,12,13,14). The maximum atomic E-state index is 8.21. The third-order valence-corrected chi connectivity index (χ3v) is 1.98. The average molecular weight is 196 g/mol. The molecule has 3 N–H and O–H groups in total. The molecule has 0 saturated heterocycles. The van der Waals surface area contributed by atoms with E-state index in [0.29, 0.717) is 6.54 Å². The molecular formula is C10H20N4. The van der Waals surface area contributed by atoms with Gasteiger partial charge in [0, 0.05) is 6.54 Å². The predicted octanol–water partition coefficient (Wildman–Crippen LogP) is 1.73. The van der Waals surface area contributed by atoms with Crippen molar-refractivity contribution in [3.8, 4) is 6.19 Å². The molecule has 0 aliphatic rings. The Kier molecular flexibility index (Phi) is 8.97. The van der Waals surface area contributed by atoms with E-state index < -0.39 is 0 Å². The van der Waals surface area contributed by atoms with Crippen molar-refractivity contribution in [1.29, 1.82) is 5.26 Å². The fourth-order valence-electron chi connectivity index (χ4n) is 1.19. The van der Waals surface area contributed by atoms with Gasteiger partial charge in [-0.05, 0) is 6.42 Å². The second kappa shape index (κ2) is 9.85. The van der Waals surface area contributed by atoms with E-state index in [2.05, 4.69) is 17.2 Å². The van der Waals surface area contributed by atoms with E-state index in [1.54, 1.807) is 6.19 Å². The maximum absolute atomic E-state index is 8.21. The number of hydrogen-bond acceptors (Lipinski definition) is 2. The lowest BCUT2D eigenvalue weighted by Gasteiger charge is -1.98. The van der Waals surface area contributed by atoms with E-state index in [0.717, 1.165) is 6.42 Å². The zero-order valence-corrected chi connectivity index (χ0v) is 8.92. The van der Waals surface area contributed by atoms with Crippen LogP contribution >= 0.6 is 0 Å². The molecule has 0 atom stereocenters. The summed E-state index contributed by atoms with van der Waals surface area (Å²) in [7, 11) is 0. The van der Waals surface area contributed by atoms with Gasteiger partial charge in [0.15, 0.2) is 6.19 Å². The first-order valence-electron chi connectivity index (χ1n) is 5.26. The molecule has 0 spiro atoms. The molecule has 14 heavy (non-hydrogen) atoms. The van der Waals surface area contributed by atoms with Crippen LogP contribution in [0.15, 0.2) is 4.99 Å². The van der Waals surface area contributed by atoms with E-state index in [9.17, 15) is 0 Å². The number of nitriles is 1. The van der Waals surface area contributed by atoms with E-state index in [1.807, 2.05) is 0 Å². The summed E-state index contributed by atoms with van der Waals surface area (Å²) in [4.78, 5) is 3.99. The van der Waals surface area contributed by atoms with Crippen LogP contribution in [0, 0.1) is 11.5 Å². The van der Waals surface area contributed by atoms with Crippen LogP contribution in [0.3, 0.4) is 0 Å². The lowest BCUT2D eigenvalue weighted by atomic mass is 10.1. The quantitative estimate of drug-likeness (QED) is 0.214. The number of unbranched alkanes of at least 4 members (excludes halogenated alkanes) is 5. The highest BCUT2D eigenvalue weighted by atomic mass is 15.1. The third-order valence-electron chi connectivity index (χ3n) is 1.98. The number of nitrogens with two attached hydrogens (primary N) is 1. The number of nitrogens with zero attached hydrogens (tertiary/aromatic N) is 2. The molecule has 0 heterocycles. The second-order valence-electron chi connectivity index (χ2n) is 3.27. The molecule has 0 rings (SSSR count). The Hall–Kier alpha value is -1.24. The molecular weight excluding hydrogens is 176 g/mol. The van der Waals surface area contributed by atoms with Crippen molar-refractivity contribution in [2.75, 3.05) is 6.54 Å². The predicted molar refractivity (Wildman–Crippen MR) is 58.6 cm³/mol. The molecule has 0 saturated carbocycles. The smallest absolute Gasteiger partial charge is 0.202 e. The minimum absolute atomic E-state index is 0.223. The summed E-state index contributed by atoms with van der Waals surface area (Å²) in [6.45, 7) is 2.92. The van der Waals surface area contributed by atoms with E-state index >= 15 is 0 Å². The summed E-state index contributed by atoms with van der Waals surface area (Å²) < 4.78 is 0. The van der Waals surface area contributed by atoms with Gasteiger partial charge in [-0.25, -0.2) is 0 Å². The van der Waals surface area contributed by atoms with Crippen LogP contribution in [-0.4, -0.2) is 12.5 Å². The molecule has 0 aromatic heterocycles. The fraction of sp³-hybridized carbons (Fsp3) is 0.800. The summed E-state index contributed by atoms with van der Waals surface area (Å²) in [5, 5.41) is 10.5. The molecule has 0 aliphatic heterocycles. The van der Waals surface area contributed by atoms with Crippen LogP contribution < -0.4 is 11.1 Å². The number of hydrogen-bond donors (Lipinski definition) is 2. The Morgan fingerprint density at radius 2 is 1.93 bits per heavy atom. The Morgan fingerprint density at radius 3 is 2.57 bits per heavy atom. The molecule has 0 fully saturated rings. The van der Waals surface area contributed by atoms with E-state index in [1.165, 1.54) is 32.1 Å². The highest BCUT2D eigenvalue weighted by molar-refractivity contribution is 5.79. The van der Waals surface area contributed by atoms with E-state index in [-0.39, 0.29) is 5.96 Å². The Balaban J connectivity index is 3.21. The van der Waals surface area contributed by atoms with Crippen LogP contribution in [0.5, 0.6) is 0 Å². The highest BCUT2D eigenvalue weighted by Gasteiger charge is 1.90. The van der Waals surface area contributed by atoms with Gasteiger partial charge in [0.2, 0.25) is 5.96 Å². The van der Waals surface area contributed by atoms with Crippen LogP contribution in [-0.2, 0) is 0 Å². The first kappa shape index (κ1) is 12.8. The van der Waals surface area contributed by atoms with Crippen molar-refractivity contribution in [2.45, 2.75) is 45.4 Å². The Bertz CT molecular complexity index is 193. The molecule has 0 bridgehead atoms. The average Bonchev–Trinajstić information content (AvgIpc) is 2.17. The molecule has 0 unspecified atom stereocenters. The number of rotatable bonds is 7. The number of guanidine groups is 1. The fourth-order valence-corrected chi connectivity index (χ4v) is 1.19. The van der Waals surface area contributed by atoms with Gasteiger partial charge in [-0.2, -0.15) is 5.26 Å². The number of nitrogens with one attached hydrogen (secondary N) is 1. The van der Waals surface area contributed by atoms with Crippen molar-refractivity contribution in [2.24, 2.45) is 10.7 Å². The first-order valence-corrected chi connectivity index (χ1v) is 5.26. The molecule has 4 heteroatoms. The van der Waals surface area contributed by atoms with Gasteiger partial charge in [-0.3, -0.25) is 10.3 Å². The third kappa shape index (κ3) is 8.85. The Morgan fingerprint density at radius 1 is 1.29 bits per heavy atom. The van der Waals surface area contributed by atoms with Crippen molar-refractivity contribution >= 4 is 5.96 Å². The van der Waals surface area contributed by atoms with Gasteiger partial charge in [0.25, 0.3) is 0 Å². The molecule has 80 valence electrons. The normalized spacial score (nSPS) is 11.0. The summed E-state index contributed by atoms with van der Waals surface area (Å²) in [6, 6.07) is 0.